The fraction of sp³-hybridized carbons (Fsp3) is 0.619. The van der Waals surface area contributed by atoms with E-state index < -0.39 is 24.3 Å². The maximum atomic E-state index is 12.6. The van der Waals surface area contributed by atoms with Gasteiger partial charge in [0.05, 0.1) is 5.92 Å². The van der Waals surface area contributed by atoms with Gasteiger partial charge in [0.2, 0.25) is 0 Å². The number of piperazine rings is 1. The van der Waals surface area contributed by atoms with Gasteiger partial charge in [-0.25, -0.2) is 4.79 Å². The zero-order valence-electron chi connectivity index (χ0n) is 17.8. The summed E-state index contributed by atoms with van der Waals surface area (Å²) in [6, 6.07) is 5.62. The van der Waals surface area contributed by atoms with Gasteiger partial charge in [0.15, 0.2) is 6.10 Å². The van der Waals surface area contributed by atoms with E-state index in [1.165, 1.54) is 4.90 Å². The molecule has 2 fully saturated rings. The van der Waals surface area contributed by atoms with Crippen molar-refractivity contribution >= 4 is 29.4 Å². The van der Waals surface area contributed by atoms with Crippen molar-refractivity contribution < 1.29 is 32.6 Å². The molecule has 2 aliphatic heterocycles. The number of anilines is 1. The van der Waals surface area contributed by atoms with Crippen molar-refractivity contribution in [3.05, 3.63) is 28.8 Å². The zero-order chi connectivity index (χ0) is 23.5. The Bertz CT molecular complexity index is 823. The molecular weight excluding hydrogens is 451 g/mol. The predicted molar refractivity (Wildman–Crippen MR) is 113 cm³/mol. The van der Waals surface area contributed by atoms with Gasteiger partial charge in [-0.1, -0.05) is 17.7 Å². The van der Waals surface area contributed by atoms with E-state index in [4.69, 9.17) is 11.6 Å². The number of halogens is 4. The third-order valence-corrected chi connectivity index (χ3v) is 6.23. The molecule has 0 bridgehead atoms. The minimum Gasteiger partial charge on any atom is -0.481 e. The van der Waals surface area contributed by atoms with E-state index in [0.29, 0.717) is 50.6 Å². The summed E-state index contributed by atoms with van der Waals surface area (Å²) >= 11 is 6.21. The van der Waals surface area contributed by atoms with Crippen molar-refractivity contribution in [3.8, 4) is 0 Å². The first-order valence-electron chi connectivity index (χ1n) is 10.6. The molecule has 1 aromatic carbocycles. The smallest absolute Gasteiger partial charge is 0.425 e. The van der Waals surface area contributed by atoms with Gasteiger partial charge in [0.1, 0.15) is 0 Å². The van der Waals surface area contributed by atoms with Crippen LogP contribution in [0.5, 0.6) is 0 Å². The molecule has 2 heterocycles. The van der Waals surface area contributed by atoms with Crippen LogP contribution in [0, 0.1) is 5.92 Å². The van der Waals surface area contributed by atoms with Gasteiger partial charge >= 0.3 is 18.2 Å². The number of piperidine rings is 1. The topological polar surface area (TPSA) is 73.3 Å². The lowest BCUT2D eigenvalue weighted by Gasteiger charge is -2.37. The number of carboxylic acid groups (broad SMARTS) is 1. The lowest BCUT2D eigenvalue weighted by Crippen LogP contribution is -2.49. The summed E-state index contributed by atoms with van der Waals surface area (Å²) in [6.45, 7) is 4.20. The summed E-state index contributed by atoms with van der Waals surface area (Å²) in [5.74, 6) is -1.10. The number of aliphatic carboxylic acids is 1. The van der Waals surface area contributed by atoms with E-state index >= 15 is 0 Å². The Labute approximate surface area is 189 Å². The summed E-state index contributed by atoms with van der Waals surface area (Å²) in [5, 5.41) is 9.81. The highest BCUT2D eigenvalue weighted by Gasteiger charge is 2.40. The second-order valence-electron chi connectivity index (χ2n) is 8.20. The molecule has 2 aliphatic rings. The highest BCUT2D eigenvalue weighted by atomic mass is 35.5. The number of nitrogens with zero attached hydrogens (tertiary/aromatic N) is 3. The van der Waals surface area contributed by atoms with Crippen molar-refractivity contribution in [1.29, 1.82) is 0 Å². The molecule has 1 unspecified atom stereocenters. The Morgan fingerprint density at radius 3 is 2.34 bits per heavy atom. The summed E-state index contributed by atoms with van der Waals surface area (Å²) in [5.41, 5.74) is 1.99. The lowest BCUT2D eigenvalue weighted by atomic mass is 9.96. The van der Waals surface area contributed by atoms with Crippen molar-refractivity contribution in [3.63, 3.8) is 0 Å². The van der Waals surface area contributed by atoms with E-state index in [2.05, 4.69) is 14.5 Å². The second-order valence-corrected chi connectivity index (χ2v) is 8.64. The number of benzene rings is 1. The standard InChI is InChI=1S/C21H27ClF3N3O4/c1-14(21(23,24)25)32-20(31)28-10-8-26(9-11-28)13-16-2-3-17(22)12-18(16)27-6-4-15(5-7-27)19(29)30/h2-3,12,14-15H,4-11,13H2,1H3,(H,29,30). The van der Waals surface area contributed by atoms with Gasteiger partial charge in [-0.05, 0) is 37.5 Å². The molecule has 0 aliphatic carbocycles. The average molecular weight is 478 g/mol. The van der Waals surface area contributed by atoms with Gasteiger partial charge in [0.25, 0.3) is 0 Å². The van der Waals surface area contributed by atoms with E-state index in [-0.39, 0.29) is 19.0 Å². The predicted octanol–water partition coefficient (Wildman–Crippen LogP) is 3.85. The van der Waals surface area contributed by atoms with Crippen LogP contribution in [0.15, 0.2) is 18.2 Å². The van der Waals surface area contributed by atoms with Crippen molar-refractivity contribution in [2.24, 2.45) is 5.92 Å². The normalized spacial score (nSPS) is 19.7. The van der Waals surface area contributed by atoms with Gasteiger partial charge in [-0.3, -0.25) is 9.69 Å². The molecular formula is C21H27ClF3N3O4. The second kappa shape index (κ2) is 10.2. The van der Waals surface area contributed by atoms with E-state index in [1.807, 2.05) is 12.1 Å². The average Bonchev–Trinajstić information content (AvgIpc) is 2.75. The Kier molecular flexibility index (Phi) is 7.76. The molecule has 0 spiro atoms. The number of carboxylic acids is 1. The third kappa shape index (κ3) is 6.19. The van der Waals surface area contributed by atoms with E-state index in [0.717, 1.165) is 18.2 Å². The summed E-state index contributed by atoms with van der Waals surface area (Å²) in [4.78, 5) is 28.8. The van der Waals surface area contributed by atoms with Crippen LogP contribution in [0.2, 0.25) is 5.02 Å². The molecule has 3 rings (SSSR count). The van der Waals surface area contributed by atoms with Gasteiger partial charge in [-0.2, -0.15) is 13.2 Å². The number of ether oxygens (including phenoxy) is 1. The van der Waals surface area contributed by atoms with Gasteiger partial charge in [0, 0.05) is 56.5 Å². The van der Waals surface area contributed by atoms with Crippen molar-refractivity contribution in [1.82, 2.24) is 9.80 Å². The molecule has 11 heteroatoms. The number of hydrogen-bond acceptors (Lipinski definition) is 5. The number of hydrogen-bond donors (Lipinski definition) is 1. The monoisotopic (exact) mass is 477 g/mol. The number of rotatable bonds is 5. The minimum atomic E-state index is -4.58. The first kappa shape index (κ1) is 24.4. The maximum absolute atomic E-state index is 12.6. The van der Waals surface area contributed by atoms with Crippen LogP contribution in [0.25, 0.3) is 0 Å². The van der Waals surface area contributed by atoms with Gasteiger partial charge in [-0.15, -0.1) is 0 Å². The minimum absolute atomic E-state index is 0.274. The Morgan fingerprint density at radius 2 is 1.78 bits per heavy atom. The van der Waals surface area contributed by atoms with E-state index in [9.17, 15) is 27.9 Å². The molecule has 1 aromatic rings. The van der Waals surface area contributed by atoms with Crippen LogP contribution in [0.4, 0.5) is 23.7 Å². The molecule has 0 saturated carbocycles. The van der Waals surface area contributed by atoms with Gasteiger partial charge < -0.3 is 19.6 Å². The fourth-order valence-electron chi connectivity index (χ4n) is 3.95. The number of carbonyl (C=O) groups excluding carboxylic acids is 1. The molecule has 0 radical (unpaired) electrons. The van der Waals surface area contributed by atoms with Crippen LogP contribution in [-0.4, -0.2) is 78.5 Å². The largest absolute Gasteiger partial charge is 0.481 e. The Hall–Kier alpha value is -2.20. The molecule has 32 heavy (non-hydrogen) atoms. The maximum Gasteiger partial charge on any atom is 0.425 e. The third-order valence-electron chi connectivity index (χ3n) is 6.00. The molecule has 7 nitrogen and oxygen atoms in total. The first-order valence-corrected chi connectivity index (χ1v) is 10.9. The number of amides is 1. The molecule has 1 N–H and O–H groups in total. The SMILES string of the molecule is CC(OC(=O)N1CCN(Cc2ccc(Cl)cc2N2CCC(C(=O)O)CC2)CC1)C(F)(F)F. The van der Waals surface area contributed by atoms with Crippen LogP contribution >= 0.6 is 11.6 Å². The first-order chi connectivity index (χ1) is 15.0. The molecule has 2 saturated heterocycles. The van der Waals surface area contributed by atoms with Crippen LogP contribution in [0.1, 0.15) is 25.3 Å². The molecule has 1 amide bonds. The fourth-order valence-corrected chi connectivity index (χ4v) is 4.12. The number of alkyl halides is 3. The van der Waals surface area contributed by atoms with Crippen molar-refractivity contribution in [2.75, 3.05) is 44.2 Å². The highest BCUT2D eigenvalue weighted by Crippen LogP contribution is 2.30. The summed E-state index contributed by atoms with van der Waals surface area (Å²) in [7, 11) is 0. The zero-order valence-corrected chi connectivity index (χ0v) is 18.5. The van der Waals surface area contributed by atoms with E-state index in [1.54, 1.807) is 6.07 Å². The molecule has 1 atom stereocenters. The quantitative estimate of drug-likeness (QED) is 0.694. The summed E-state index contributed by atoms with van der Waals surface area (Å²) in [6.07, 6.45) is -6.55. The number of carbonyl (C=O) groups is 2. The van der Waals surface area contributed by atoms with Crippen LogP contribution in [-0.2, 0) is 16.1 Å². The van der Waals surface area contributed by atoms with Crippen LogP contribution in [0.3, 0.4) is 0 Å². The molecule has 0 aromatic heterocycles. The summed E-state index contributed by atoms with van der Waals surface area (Å²) < 4.78 is 42.4. The molecule has 178 valence electrons. The van der Waals surface area contributed by atoms with Crippen LogP contribution < -0.4 is 4.90 Å². The Balaban J connectivity index is 1.57. The highest BCUT2D eigenvalue weighted by molar-refractivity contribution is 6.30. The Morgan fingerprint density at radius 1 is 1.16 bits per heavy atom. The van der Waals surface area contributed by atoms with Crippen molar-refractivity contribution in [2.45, 2.75) is 38.6 Å². The lowest BCUT2D eigenvalue weighted by molar-refractivity contribution is -0.200.